The number of rotatable bonds is 3. The monoisotopic (exact) mass is 262 g/mol. The van der Waals surface area contributed by atoms with E-state index in [0.29, 0.717) is 6.04 Å². The van der Waals surface area contributed by atoms with Gasteiger partial charge in [-0.25, -0.2) is 0 Å². The van der Waals surface area contributed by atoms with E-state index >= 15 is 0 Å². The van der Waals surface area contributed by atoms with E-state index in [-0.39, 0.29) is 12.2 Å². The lowest BCUT2D eigenvalue weighted by molar-refractivity contribution is -0.00461. The van der Waals surface area contributed by atoms with Crippen molar-refractivity contribution in [2.75, 3.05) is 33.9 Å². The highest BCUT2D eigenvalue weighted by molar-refractivity contribution is 5.32. The Hall–Kier alpha value is -0.940. The van der Waals surface area contributed by atoms with Crippen molar-refractivity contribution in [2.45, 2.75) is 24.8 Å². The van der Waals surface area contributed by atoms with Gasteiger partial charge in [0.25, 0.3) is 0 Å². The topological polar surface area (TPSA) is 33.7 Å². The van der Waals surface area contributed by atoms with Gasteiger partial charge in [-0.2, -0.15) is 0 Å². The fraction of sp³-hybridized carbons (Fsp3) is 0.600. The van der Waals surface area contributed by atoms with Crippen molar-refractivity contribution in [3.8, 4) is 0 Å². The third kappa shape index (κ3) is 2.41. The van der Waals surface area contributed by atoms with E-state index < -0.39 is 0 Å². The summed E-state index contributed by atoms with van der Waals surface area (Å²) < 4.78 is 11.1. The molecule has 1 aromatic rings. The molecule has 1 aromatic carbocycles. The van der Waals surface area contributed by atoms with Crippen LogP contribution in [-0.4, -0.2) is 51.0 Å². The average molecular weight is 262 g/mol. The van der Waals surface area contributed by atoms with Gasteiger partial charge in [-0.3, -0.25) is 4.90 Å². The summed E-state index contributed by atoms with van der Waals surface area (Å²) in [5.74, 6) is 0. The maximum absolute atomic E-state index is 5.54. The van der Waals surface area contributed by atoms with Crippen molar-refractivity contribution in [1.82, 2.24) is 10.2 Å². The first kappa shape index (κ1) is 13.1. The number of ether oxygens (including phenoxy) is 2. The molecule has 0 bridgehead atoms. The van der Waals surface area contributed by atoms with Gasteiger partial charge in [0.1, 0.15) is 0 Å². The molecule has 0 aromatic heterocycles. The van der Waals surface area contributed by atoms with Gasteiger partial charge in [0, 0.05) is 46.4 Å². The van der Waals surface area contributed by atoms with E-state index in [1.54, 1.807) is 14.2 Å². The number of fused-ring (bicyclic) bond motifs is 1. The molecule has 0 radical (unpaired) electrons. The van der Waals surface area contributed by atoms with Gasteiger partial charge in [-0.05, 0) is 11.1 Å². The zero-order valence-corrected chi connectivity index (χ0v) is 11.6. The van der Waals surface area contributed by atoms with Crippen LogP contribution in [0.2, 0.25) is 0 Å². The predicted molar refractivity (Wildman–Crippen MR) is 74.1 cm³/mol. The maximum Gasteiger partial charge on any atom is 0.0972 e. The minimum Gasteiger partial charge on any atom is -0.377 e. The van der Waals surface area contributed by atoms with Crippen LogP contribution in [0.15, 0.2) is 24.3 Å². The number of nitrogens with one attached hydrogen (secondary N) is 1. The van der Waals surface area contributed by atoms with Crippen molar-refractivity contribution in [1.29, 1.82) is 0 Å². The molecule has 0 spiro atoms. The first-order valence-corrected chi connectivity index (χ1v) is 6.91. The molecule has 104 valence electrons. The van der Waals surface area contributed by atoms with Crippen LogP contribution in [0.5, 0.6) is 0 Å². The predicted octanol–water partition coefficient (Wildman–Crippen LogP) is 1.18. The Morgan fingerprint density at radius 3 is 2.47 bits per heavy atom. The van der Waals surface area contributed by atoms with Crippen LogP contribution >= 0.6 is 0 Å². The number of hydrogen-bond donors (Lipinski definition) is 1. The highest BCUT2D eigenvalue weighted by Crippen LogP contribution is 2.31. The lowest BCUT2D eigenvalue weighted by Gasteiger charge is -2.33. The zero-order chi connectivity index (χ0) is 13.2. The number of likely N-dealkylation sites (tertiary alicyclic amines) is 1. The molecular formula is C15H22N2O2. The SMILES string of the molecule is COC1CN(C2CNCc3ccccc32)CC1OC. The molecule has 2 aliphatic rings. The van der Waals surface area contributed by atoms with Gasteiger partial charge in [0.2, 0.25) is 0 Å². The lowest BCUT2D eigenvalue weighted by atomic mass is 9.96. The normalized spacial score (nSPS) is 31.4. The molecule has 4 nitrogen and oxygen atoms in total. The maximum atomic E-state index is 5.54. The van der Waals surface area contributed by atoms with E-state index in [2.05, 4.69) is 34.5 Å². The molecule has 0 saturated carbocycles. The van der Waals surface area contributed by atoms with Crippen LogP contribution in [0.4, 0.5) is 0 Å². The summed E-state index contributed by atoms with van der Waals surface area (Å²) in [5, 5.41) is 3.51. The second-order valence-corrected chi connectivity index (χ2v) is 5.35. The van der Waals surface area contributed by atoms with Crippen LogP contribution in [0.1, 0.15) is 17.2 Å². The van der Waals surface area contributed by atoms with E-state index in [1.165, 1.54) is 11.1 Å². The molecule has 2 heterocycles. The zero-order valence-electron chi connectivity index (χ0n) is 11.6. The summed E-state index contributed by atoms with van der Waals surface area (Å²) in [6, 6.07) is 9.15. The van der Waals surface area contributed by atoms with Crippen molar-refractivity contribution < 1.29 is 9.47 Å². The van der Waals surface area contributed by atoms with Crippen LogP contribution < -0.4 is 5.32 Å². The Kier molecular flexibility index (Phi) is 3.84. The lowest BCUT2D eigenvalue weighted by Crippen LogP contribution is -2.39. The quantitative estimate of drug-likeness (QED) is 0.887. The standard InChI is InChI=1S/C15H22N2O2/c1-18-14-9-17(10-15(14)19-2)13-8-16-7-11-5-3-4-6-12(11)13/h3-6,13-16H,7-10H2,1-2H3. The second-order valence-electron chi connectivity index (χ2n) is 5.35. The van der Waals surface area contributed by atoms with E-state index in [4.69, 9.17) is 9.47 Å². The van der Waals surface area contributed by atoms with Crippen LogP contribution in [0, 0.1) is 0 Å². The second kappa shape index (κ2) is 5.59. The Morgan fingerprint density at radius 1 is 1.11 bits per heavy atom. The molecule has 3 unspecified atom stereocenters. The van der Waals surface area contributed by atoms with E-state index in [9.17, 15) is 0 Å². The molecule has 1 N–H and O–H groups in total. The average Bonchev–Trinajstić information content (AvgIpc) is 2.89. The van der Waals surface area contributed by atoms with Gasteiger partial charge in [-0.1, -0.05) is 24.3 Å². The first-order valence-electron chi connectivity index (χ1n) is 6.91. The van der Waals surface area contributed by atoms with Crippen LogP contribution in [0.25, 0.3) is 0 Å². The van der Waals surface area contributed by atoms with Crippen LogP contribution in [-0.2, 0) is 16.0 Å². The van der Waals surface area contributed by atoms with Crippen molar-refractivity contribution in [3.63, 3.8) is 0 Å². The number of hydrogen-bond acceptors (Lipinski definition) is 4. The van der Waals surface area contributed by atoms with Crippen molar-refractivity contribution in [3.05, 3.63) is 35.4 Å². The molecule has 4 heteroatoms. The van der Waals surface area contributed by atoms with Gasteiger partial charge in [0.15, 0.2) is 0 Å². The van der Waals surface area contributed by atoms with E-state index in [0.717, 1.165) is 26.2 Å². The van der Waals surface area contributed by atoms with Crippen LogP contribution in [0.3, 0.4) is 0 Å². The van der Waals surface area contributed by atoms with Gasteiger partial charge >= 0.3 is 0 Å². The number of methoxy groups -OCH3 is 2. The van der Waals surface area contributed by atoms with Gasteiger partial charge < -0.3 is 14.8 Å². The van der Waals surface area contributed by atoms with Crippen molar-refractivity contribution in [2.24, 2.45) is 0 Å². The Bertz CT molecular complexity index is 426. The molecule has 0 amide bonds. The first-order chi connectivity index (χ1) is 9.33. The Labute approximate surface area is 114 Å². The molecular weight excluding hydrogens is 240 g/mol. The highest BCUT2D eigenvalue weighted by atomic mass is 16.5. The third-order valence-corrected chi connectivity index (χ3v) is 4.36. The molecule has 3 atom stereocenters. The summed E-state index contributed by atoms with van der Waals surface area (Å²) in [5.41, 5.74) is 2.86. The highest BCUT2D eigenvalue weighted by Gasteiger charge is 2.38. The minimum atomic E-state index is 0.180. The Balaban J connectivity index is 1.81. The van der Waals surface area contributed by atoms with Gasteiger partial charge in [-0.15, -0.1) is 0 Å². The molecule has 0 aliphatic carbocycles. The van der Waals surface area contributed by atoms with Crippen molar-refractivity contribution >= 4 is 0 Å². The molecule has 2 aliphatic heterocycles. The molecule has 19 heavy (non-hydrogen) atoms. The minimum absolute atomic E-state index is 0.180. The molecule has 3 rings (SSSR count). The van der Waals surface area contributed by atoms with Gasteiger partial charge in [0.05, 0.1) is 12.2 Å². The summed E-state index contributed by atoms with van der Waals surface area (Å²) in [4.78, 5) is 2.48. The third-order valence-electron chi connectivity index (χ3n) is 4.36. The fourth-order valence-electron chi connectivity index (χ4n) is 3.28. The number of nitrogens with zero attached hydrogens (tertiary/aromatic N) is 1. The summed E-state index contributed by atoms with van der Waals surface area (Å²) in [7, 11) is 3.54. The van der Waals surface area contributed by atoms with E-state index in [1.807, 2.05) is 0 Å². The Morgan fingerprint density at radius 2 is 1.79 bits per heavy atom. The number of benzene rings is 1. The summed E-state index contributed by atoms with van der Waals surface area (Å²) in [6.45, 7) is 3.86. The summed E-state index contributed by atoms with van der Waals surface area (Å²) >= 11 is 0. The molecule has 1 saturated heterocycles. The summed E-state index contributed by atoms with van der Waals surface area (Å²) in [6.07, 6.45) is 0.359. The molecule has 1 fully saturated rings. The fourth-order valence-corrected chi connectivity index (χ4v) is 3.28. The smallest absolute Gasteiger partial charge is 0.0972 e. The largest absolute Gasteiger partial charge is 0.377 e.